The van der Waals surface area contributed by atoms with Gasteiger partial charge in [-0.3, -0.25) is 14.5 Å². The molecule has 0 unspecified atom stereocenters. The lowest BCUT2D eigenvalue weighted by molar-refractivity contribution is -0.384. The Kier molecular flexibility index (Phi) is 2.30. The Morgan fingerprint density at radius 3 is 2.89 bits per heavy atom. The molecule has 0 saturated heterocycles. The van der Waals surface area contributed by atoms with Gasteiger partial charge in [0.1, 0.15) is 5.65 Å². The van der Waals surface area contributed by atoms with Crippen LogP contribution in [-0.2, 0) is 0 Å². The van der Waals surface area contributed by atoms with Gasteiger partial charge in [0, 0.05) is 23.9 Å². The summed E-state index contributed by atoms with van der Waals surface area (Å²) in [4.78, 5) is 14.6. The number of rotatable bonds is 2. The molecule has 3 aromatic rings. The largest absolute Gasteiger partial charge is 0.300 e. The fourth-order valence-corrected chi connectivity index (χ4v) is 1.92. The Bertz CT molecular complexity index is 734. The molecule has 0 N–H and O–H groups in total. The first-order chi connectivity index (χ1) is 8.75. The summed E-state index contributed by atoms with van der Waals surface area (Å²) in [7, 11) is 0. The van der Waals surface area contributed by atoms with Crippen molar-refractivity contribution < 1.29 is 4.92 Å². The van der Waals surface area contributed by atoms with Gasteiger partial charge >= 0.3 is 0 Å². The molecule has 5 heteroatoms. The van der Waals surface area contributed by atoms with Gasteiger partial charge in [0.2, 0.25) is 0 Å². The van der Waals surface area contributed by atoms with Crippen molar-refractivity contribution in [3.63, 3.8) is 0 Å². The maximum atomic E-state index is 10.8. The second-order valence-corrected chi connectivity index (χ2v) is 3.88. The zero-order valence-corrected chi connectivity index (χ0v) is 9.35. The van der Waals surface area contributed by atoms with Crippen molar-refractivity contribution in [3.8, 4) is 11.3 Å². The second-order valence-electron chi connectivity index (χ2n) is 3.88. The van der Waals surface area contributed by atoms with Crippen LogP contribution in [-0.4, -0.2) is 14.3 Å². The highest BCUT2D eigenvalue weighted by atomic mass is 16.6. The standard InChI is InChI=1S/C13H9N3O2/c17-16(18)11-5-3-4-10(8-11)12-9-14-13-6-1-2-7-15(12)13/h1-9H. The van der Waals surface area contributed by atoms with E-state index in [1.54, 1.807) is 18.3 Å². The first-order valence-corrected chi connectivity index (χ1v) is 5.42. The number of aromatic nitrogens is 2. The molecule has 2 aromatic heterocycles. The molecule has 3 rings (SSSR count). The second kappa shape index (κ2) is 3.96. The van der Waals surface area contributed by atoms with E-state index in [2.05, 4.69) is 4.98 Å². The van der Waals surface area contributed by atoms with E-state index in [9.17, 15) is 10.1 Å². The van der Waals surface area contributed by atoms with E-state index in [1.807, 2.05) is 34.9 Å². The van der Waals surface area contributed by atoms with Crippen LogP contribution in [0.5, 0.6) is 0 Å². The van der Waals surface area contributed by atoms with Gasteiger partial charge < -0.3 is 0 Å². The number of nitrogens with zero attached hydrogens (tertiary/aromatic N) is 3. The summed E-state index contributed by atoms with van der Waals surface area (Å²) in [5.41, 5.74) is 2.52. The predicted octanol–water partition coefficient (Wildman–Crippen LogP) is 2.91. The fourth-order valence-electron chi connectivity index (χ4n) is 1.92. The van der Waals surface area contributed by atoms with Gasteiger partial charge in [-0.15, -0.1) is 0 Å². The Morgan fingerprint density at radius 2 is 2.06 bits per heavy atom. The zero-order chi connectivity index (χ0) is 12.5. The van der Waals surface area contributed by atoms with Crippen LogP contribution in [0.4, 0.5) is 5.69 Å². The molecule has 1 aromatic carbocycles. The average Bonchev–Trinajstić information content (AvgIpc) is 2.82. The van der Waals surface area contributed by atoms with Gasteiger partial charge in [-0.1, -0.05) is 18.2 Å². The molecule has 0 saturated carbocycles. The number of non-ortho nitro benzene ring substituents is 1. The summed E-state index contributed by atoms with van der Waals surface area (Å²) in [5.74, 6) is 0. The Labute approximate surface area is 102 Å². The highest BCUT2D eigenvalue weighted by molar-refractivity contribution is 5.65. The van der Waals surface area contributed by atoms with E-state index >= 15 is 0 Å². The normalized spacial score (nSPS) is 10.7. The predicted molar refractivity (Wildman–Crippen MR) is 67.3 cm³/mol. The van der Waals surface area contributed by atoms with Crippen LogP contribution in [0.1, 0.15) is 0 Å². The van der Waals surface area contributed by atoms with Gasteiger partial charge in [-0.05, 0) is 12.1 Å². The van der Waals surface area contributed by atoms with Gasteiger partial charge in [0.25, 0.3) is 5.69 Å². The lowest BCUT2D eigenvalue weighted by atomic mass is 10.1. The average molecular weight is 239 g/mol. The number of imidazole rings is 1. The molecule has 5 nitrogen and oxygen atoms in total. The minimum atomic E-state index is -0.396. The lowest BCUT2D eigenvalue weighted by Crippen LogP contribution is -1.90. The Morgan fingerprint density at radius 1 is 1.17 bits per heavy atom. The zero-order valence-electron chi connectivity index (χ0n) is 9.35. The topological polar surface area (TPSA) is 60.4 Å². The molecule has 0 atom stereocenters. The highest BCUT2D eigenvalue weighted by Gasteiger charge is 2.10. The Hall–Kier alpha value is -2.69. The SMILES string of the molecule is O=[N+]([O-])c1cccc(-c2cnc3ccccn23)c1. The molecule has 0 aliphatic rings. The van der Waals surface area contributed by atoms with Crippen molar-refractivity contribution in [2.45, 2.75) is 0 Å². The minimum Gasteiger partial charge on any atom is -0.300 e. The van der Waals surface area contributed by atoms with Gasteiger partial charge in [-0.25, -0.2) is 4.98 Å². The molecular formula is C13H9N3O2. The van der Waals surface area contributed by atoms with Crippen molar-refractivity contribution in [3.05, 3.63) is 65.0 Å². The third kappa shape index (κ3) is 1.62. The van der Waals surface area contributed by atoms with E-state index in [0.29, 0.717) is 0 Å². The fraction of sp³-hybridized carbons (Fsp3) is 0. The number of benzene rings is 1. The molecular weight excluding hydrogens is 230 g/mol. The van der Waals surface area contributed by atoms with Crippen molar-refractivity contribution in [1.82, 2.24) is 9.38 Å². The number of hydrogen-bond acceptors (Lipinski definition) is 3. The summed E-state index contributed by atoms with van der Waals surface area (Å²) in [5, 5.41) is 10.8. The van der Waals surface area contributed by atoms with Crippen LogP contribution in [0.2, 0.25) is 0 Å². The van der Waals surface area contributed by atoms with Crippen molar-refractivity contribution in [2.75, 3.05) is 0 Å². The summed E-state index contributed by atoms with van der Waals surface area (Å²) < 4.78 is 1.90. The maximum Gasteiger partial charge on any atom is 0.270 e. The number of hydrogen-bond donors (Lipinski definition) is 0. The minimum absolute atomic E-state index is 0.0818. The summed E-state index contributed by atoms with van der Waals surface area (Å²) in [6.45, 7) is 0. The number of fused-ring (bicyclic) bond motifs is 1. The maximum absolute atomic E-state index is 10.8. The van der Waals surface area contributed by atoms with E-state index < -0.39 is 4.92 Å². The van der Waals surface area contributed by atoms with E-state index in [-0.39, 0.29) is 5.69 Å². The first kappa shape index (κ1) is 10.5. The highest BCUT2D eigenvalue weighted by Crippen LogP contribution is 2.24. The molecule has 0 aliphatic carbocycles. The number of nitro groups is 1. The quantitative estimate of drug-likeness (QED) is 0.510. The summed E-state index contributed by atoms with van der Waals surface area (Å²) in [6.07, 6.45) is 3.60. The van der Waals surface area contributed by atoms with Crippen molar-refractivity contribution >= 4 is 11.3 Å². The van der Waals surface area contributed by atoms with Gasteiger partial charge in [-0.2, -0.15) is 0 Å². The lowest BCUT2D eigenvalue weighted by Gasteiger charge is -2.01. The monoisotopic (exact) mass is 239 g/mol. The molecule has 0 bridgehead atoms. The molecule has 0 aliphatic heterocycles. The third-order valence-electron chi connectivity index (χ3n) is 2.77. The molecule has 0 fully saturated rings. The van der Waals surface area contributed by atoms with Crippen LogP contribution in [0.3, 0.4) is 0 Å². The van der Waals surface area contributed by atoms with E-state index in [4.69, 9.17) is 0 Å². The van der Waals surface area contributed by atoms with E-state index in [1.165, 1.54) is 6.07 Å². The van der Waals surface area contributed by atoms with Gasteiger partial charge in [0.05, 0.1) is 16.8 Å². The Balaban J connectivity index is 2.20. The number of nitro benzene ring substituents is 1. The third-order valence-corrected chi connectivity index (χ3v) is 2.77. The van der Waals surface area contributed by atoms with Crippen LogP contribution < -0.4 is 0 Å². The van der Waals surface area contributed by atoms with Crippen LogP contribution in [0.25, 0.3) is 16.9 Å². The van der Waals surface area contributed by atoms with Crippen LogP contribution >= 0.6 is 0 Å². The van der Waals surface area contributed by atoms with Crippen LogP contribution in [0, 0.1) is 10.1 Å². The van der Waals surface area contributed by atoms with Crippen molar-refractivity contribution in [1.29, 1.82) is 0 Å². The van der Waals surface area contributed by atoms with E-state index in [0.717, 1.165) is 16.9 Å². The molecule has 88 valence electrons. The molecule has 0 spiro atoms. The molecule has 2 heterocycles. The number of pyridine rings is 1. The summed E-state index contributed by atoms with van der Waals surface area (Å²) in [6, 6.07) is 12.2. The summed E-state index contributed by atoms with van der Waals surface area (Å²) >= 11 is 0. The molecule has 0 radical (unpaired) electrons. The molecule has 0 amide bonds. The first-order valence-electron chi connectivity index (χ1n) is 5.42. The van der Waals surface area contributed by atoms with Crippen molar-refractivity contribution in [2.24, 2.45) is 0 Å². The molecule has 18 heavy (non-hydrogen) atoms. The van der Waals surface area contributed by atoms with Gasteiger partial charge in [0.15, 0.2) is 0 Å². The van der Waals surface area contributed by atoms with Crippen LogP contribution in [0.15, 0.2) is 54.9 Å². The smallest absolute Gasteiger partial charge is 0.270 e.